The van der Waals surface area contributed by atoms with Crippen molar-refractivity contribution >= 4 is 27.3 Å². The molecule has 1 aliphatic carbocycles. The van der Waals surface area contributed by atoms with Gasteiger partial charge in [0, 0.05) is 48.8 Å². The van der Waals surface area contributed by atoms with Crippen LogP contribution in [-0.4, -0.2) is 60.2 Å². The summed E-state index contributed by atoms with van der Waals surface area (Å²) in [5, 5.41) is 4.08. The second-order valence-corrected chi connectivity index (χ2v) is 11.2. The minimum atomic E-state index is -3.31. The van der Waals surface area contributed by atoms with Crippen LogP contribution in [0, 0.1) is 11.8 Å². The molecule has 0 spiro atoms. The highest BCUT2D eigenvalue weighted by molar-refractivity contribution is 7.92. The van der Waals surface area contributed by atoms with Crippen molar-refractivity contribution in [3.63, 3.8) is 0 Å². The average Bonchev–Trinajstić information content (AvgIpc) is 3.28. The van der Waals surface area contributed by atoms with Crippen LogP contribution in [0.4, 0.5) is 0 Å². The van der Waals surface area contributed by atoms with Crippen LogP contribution in [0.15, 0.2) is 4.21 Å². The first kappa shape index (κ1) is 19.2. The molecule has 4 rings (SSSR count). The number of aromatic nitrogens is 2. The van der Waals surface area contributed by atoms with Gasteiger partial charge in [0.05, 0.1) is 5.69 Å². The van der Waals surface area contributed by atoms with Crippen LogP contribution in [0.5, 0.6) is 0 Å². The maximum Gasteiger partial charge on any atom is 0.241 e. The van der Waals surface area contributed by atoms with E-state index in [4.69, 9.17) is 0 Å². The van der Waals surface area contributed by atoms with Crippen molar-refractivity contribution in [2.75, 3.05) is 19.3 Å². The number of sulfone groups is 1. The van der Waals surface area contributed by atoms with E-state index in [1.165, 1.54) is 12.7 Å². The fraction of sp³-hybridized carbons (Fsp3) is 0.824. The number of fused-ring (bicyclic) bond motifs is 1. The summed E-state index contributed by atoms with van der Waals surface area (Å²) in [7, 11) is -3.31. The minimum Gasteiger partial charge on any atom is -0.341 e. The Bertz CT molecular complexity index is 803. The molecule has 3 heterocycles. The van der Waals surface area contributed by atoms with Crippen molar-refractivity contribution in [3.05, 3.63) is 5.69 Å². The fourth-order valence-electron chi connectivity index (χ4n) is 4.79. The number of amides is 1. The number of piperidine rings is 1. The van der Waals surface area contributed by atoms with Crippen LogP contribution in [0.1, 0.15) is 50.6 Å². The number of likely N-dealkylation sites (tertiary alicyclic amines) is 1. The predicted octanol–water partition coefficient (Wildman–Crippen LogP) is 0.929. The molecular formula is C17H27N5O3S2. The predicted molar refractivity (Wildman–Crippen MR) is 102 cm³/mol. The summed E-state index contributed by atoms with van der Waals surface area (Å²) in [6.07, 6.45) is 6.07. The van der Waals surface area contributed by atoms with Gasteiger partial charge in [-0.25, -0.2) is 13.8 Å². The second-order valence-electron chi connectivity index (χ2n) is 8.27. The van der Waals surface area contributed by atoms with Gasteiger partial charge in [0.15, 0.2) is 14.0 Å². The third kappa shape index (κ3) is 3.76. The molecule has 3 aliphatic rings. The number of nitrogens with one attached hydrogen (secondary N) is 2. The van der Waals surface area contributed by atoms with Gasteiger partial charge in [0.25, 0.3) is 0 Å². The van der Waals surface area contributed by atoms with E-state index in [0.717, 1.165) is 37.2 Å². The number of hydrogen-bond acceptors (Lipinski definition) is 8. The van der Waals surface area contributed by atoms with Crippen LogP contribution in [0.3, 0.4) is 0 Å². The van der Waals surface area contributed by atoms with Gasteiger partial charge in [0.2, 0.25) is 5.91 Å². The molecule has 1 saturated carbocycles. The van der Waals surface area contributed by atoms with E-state index >= 15 is 0 Å². The highest BCUT2D eigenvalue weighted by Crippen LogP contribution is 2.36. The topological polar surface area (TPSA) is 104 Å². The summed E-state index contributed by atoms with van der Waals surface area (Å²) in [6.45, 7) is 3.54. The second kappa shape index (κ2) is 7.38. The highest BCUT2D eigenvalue weighted by Gasteiger charge is 2.44. The standard InChI is InChI=1S/C17H27N5O3S2/c1-10-3-4-13-12(9-10)15(19-18-13)16(23)22-7-5-11(6-8-22)14-17(26-21-20-14)27(2,24)25/h10-13,15,18-19H,3-9H2,1-2H3. The van der Waals surface area contributed by atoms with Crippen LogP contribution < -0.4 is 10.9 Å². The lowest BCUT2D eigenvalue weighted by Gasteiger charge is -2.36. The lowest BCUT2D eigenvalue weighted by molar-refractivity contribution is -0.135. The number of hydrazine groups is 1. The van der Waals surface area contributed by atoms with Crippen LogP contribution in [0.25, 0.3) is 0 Å². The Labute approximate surface area is 164 Å². The molecule has 8 nitrogen and oxygen atoms in total. The average molecular weight is 414 g/mol. The maximum absolute atomic E-state index is 13.1. The fourth-order valence-corrected chi connectivity index (χ4v) is 6.52. The molecule has 27 heavy (non-hydrogen) atoms. The number of carbonyl (C=O) groups excluding carboxylic acids is 1. The zero-order valence-electron chi connectivity index (χ0n) is 15.7. The molecule has 2 N–H and O–H groups in total. The first-order valence-electron chi connectivity index (χ1n) is 9.66. The molecule has 150 valence electrons. The summed E-state index contributed by atoms with van der Waals surface area (Å²) in [5.41, 5.74) is 7.15. The summed E-state index contributed by atoms with van der Waals surface area (Å²) >= 11 is 0.942. The summed E-state index contributed by atoms with van der Waals surface area (Å²) in [5.74, 6) is 1.25. The molecule has 0 radical (unpaired) electrons. The minimum absolute atomic E-state index is 0.0506. The molecule has 3 fully saturated rings. The van der Waals surface area contributed by atoms with E-state index in [1.807, 2.05) is 4.90 Å². The SMILES string of the molecule is CC1CCC2NNC(C(=O)N3CCC(c4nnsc4S(C)(=O)=O)CC3)C2C1. The zero-order chi connectivity index (χ0) is 19.2. The number of nitrogens with zero attached hydrogens (tertiary/aromatic N) is 3. The van der Waals surface area contributed by atoms with Crippen molar-refractivity contribution in [1.82, 2.24) is 25.3 Å². The molecule has 1 amide bonds. The van der Waals surface area contributed by atoms with Gasteiger partial charge in [0.1, 0.15) is 6.04 Å². The van der Waals surface area contributed by atoms with Crippen molar-refractivity contribution in [3.8, 4) is 0 Å². The monoisotopic (exact) mass is 413 g/mol. The summed E-state index contributed by atoms with van der Waals surface area (Å²) in [4.78, 5) is 15.0. The van der Waals surface area contributed by atoms with Crippen LogP contribution in [-0.2, 0) is 14.6 Å². The van der Waals surface area contributed by atoms with Gasteiger partial charge < -0.3 is 4.90 Å². The largest absolute Gasteiger partial charge is 0.341 e. The Balaban J connectivity index is 1.40. The van der Waals surface area contributed by atoms with E-state index in [2.05, 4.69) is 27.4 Å². The normalized spacial score (nSPS) is 32.4. The molecule has 4 atom stereocenters. The number of carbonyl (C=O) groups is 1. The van der Waals surface area contributed by atoms with Gasteiger partial charge >= 0.3 is 0 Å². The first-order valence-corrected chi connectivity index (χ1v) is 12.3. The number of hydrogen-bond donors (Lipinski definition) is 2. The van der Waals surface area contributed by atoms with Crippen LogP contribution in [0.2, 0.25) is 0 Å². The summed E-state index contributed by atoms with van der Waals surface area (Å²) in [6, 6.07) is 0.243. The van der Waals surface area contributed by atoms with Crippen molar-refractivity contribution < 1.29 is 13.2 Å². The lowest BCUT2D eigenvalue weighted by Crippen LogP contribution is -2.50. The van der Waals surface area contributed by atoms with Gasteiger partial charge in [-0.15, -0.1) is 5.10 Å². The maximum atomic E-state index is 13.1. The molecule has 2 saturated heterocycles. The molecule has 1 aromatic rings. The Kier molecular flexibility index (Phi) is 5.26. The molecule has 2 aliphatic heterocycles. The van der Waals surface area contributed by atoms with Crippen molar-refractivity contribution in [2.24, 2.45) is 11.8 Å². The highest BCUT2D eigenvalue weighted by atomic mass is 32.2. The van der Waals surface area contributed by atoms with Gasteiger partial charge in [-0.2, -0.15) is 0 Å². The van der Waals surface area contributed by atoms with Gasteiger partial charge in [-0.05, 0) is 38.0 Å². The zero-order valence-corrected chi connectivity index (χ0v) is 17.4. The Morgan fingerprint density at radius 2 is 1.93 bits per heavy atom. The first-order chi connectivity index (χ1) is 12.8. The van der Waals surface area contributed by atoms with E-state index in [-0.39, 0.29) is 22.1 Å². The Morgan fingerprint density at radius 1 is 1.19 bits per heavy atom. The Morgan fingerprint density at radius 3 is 2.63 bits per heavy atom. The molecule has 10 heteroatoms. The van der Waals surface area contributed by atoms with E-state index in [1.54, 1.807) is 0 Å². The quantitative estimate of drug-likeness (QED) is 0.759. The third-order valence-electron chi connectivity index (χ3n) is 6.29. The van der Waals surface area contributed by atoms with E-state index in [9.17, 15) is 13.2 Å². The van der Waals surface area contributed by atoms with Gasteiger partial charge in [-0.3, -0.25) is 10.2 Å². The molecule has 1 aromatic heterocycles. The molecule has 4 unspecified atom stereocenters. The third-order valence-corrected chi connectivity index (χ3v) is 8.84. The lowest BCUT2D eigenvalue weighted by atomic mass is 9.76. The van der Waals surface area contributed by atoms with E-state index in [0.29, 0.717) is 36.7 Å². The molecular weight excluding hydrogens is 386 g/mol. The van der Waals surface area contributed by atoms with Crippen molar-refractivity contribution in [2.45, 2.75) is 61.2 Å². The number of rotatable bonds is 3. The summed E-state index contributed by atoms with van der Waals surface area (Å²) < 4.78 is 27.9. The smallest absolute Gasteiger partial charge is 0.241 e. The van der Waals surface area contributed by atoms with Crippen LogP contribution >= 0.6 is 11.5 Å². The van der Waals surface area contributed by atoms with E-state index < -0.39 is 9.84 Å². The molecule has 0 bridgehead atoms. The van der Waals surface area contributed by atoms with Gasteiger partial charge in [-0.1, -0.05) is 11.4 Å². The molecule has 0 aromatic carbocycles. The Hall–Kier alpha value is -1.10. The van der Waals surface area contributed by atoms with Crippen molar-refractivity contribution in [1.29, 1.82) is 0 Å².